The molecule has 0 aliphatic carbocycles. The van der Waals surface area contributed by atoms with Crippen LogP contribution in [0.25, 0.3) is 11.3 Å². The van der Waals surface area contributed by atoms with Crippen molar-refractivity contribution in [1.82, 2.24) is 4.98 Å². The molecule has 0 saturated heterocycles. The molecule has 0 atom stereocenters. The van der Waals surface area contributed by atoms with E-state index < -0.39 is 4.92 Å². The van der Waals surface area contributed by atoms with Gasteiger partial charge in [-0.15, -0.1) is 0 Å². The summed E-state index contributed by atoms with van der Waals surface area (Å²) in [5, 5.41) is 14.2. The number of aliphatic imine (C=N–C) groups is 1. The molecule has 0 unspecified atom stereocenters. The van der Waals surface area contributed by atoms with Crippen LogP contribution in [0.2, 0.25) is 0 Å². The van der Waals surface area contributed by atoms with Crippen molar-refractivity contribution < 1.29 is 4.92 Å². The molecule has 6 nitrogen and oxygen atoms in total. The molecule has 0 fully saturated rings. The normalized spacial score (nSPS) is 11.2. The molecule has 3 aromatic carbocycles. The Hall–Kier alpha value is -3.54. The van der Waals surface area contributed by atoms with Crippen LogP contribution in [0.1, 0.15) is 5.56 Å². The molecule has 142 valence electrons. The van der Waals surface area contributed by atoms with Gasteiger partial charge in [-0.25, -0.2) is 0 Å². The molecule has 0 bridgehead atoms. The third-order valence-corrected chi connectivity index (χ3v) is 5.70. The number of non-ortho nitro benzene ring substituents is 1. The van der Waals surface area contributed by atoms with E-state index in [0.29, 0.717) is 0 Å². The number of nitrogens with one attached hydrogen (secondary N) is 1. The molecule has 0 aliphatic rings. The van der Waals surface area contributed by atoms with E-state index in [9.17, 15) is 10.1 Å². The van der Waals surface area contributed by atoms with Crippen LogP contribution in [-0.2, 0) is 0 Å². The quantitative estimate of drug-likeness (QED) is 0.155. The number of anilines is 1. The Morgan fingerprint density at radius 3 is 2.24 bits per heavy atom. The van der Waals surface area contributed by atoms with Crippen LogP contribution >= 0.6 is 0 Å². The van der Waals surface area contributed by atoms with Gasteiger partial charge in [-0.3, -0.25) is 0 Å². The van der Waals surface area contributed by atoms with E-state index in [1.165, 1.54) is 12.1 Å². The third kappa shape index (κ3) is 4.66. The molecular formula is C22H16N4O2Se. The standard InChI is InChI=1S/C22H16N4O2Se/c27-26(28)19-13-11-16(12-14-19)20-15-29-22(24-20)25-21(17-7-3-1-4-8-17)23-18-9-5-2-6-10-18/h1-15H,(H,23,24,25). The summed E-state index contributed by atoms with van der Waals surface area (Å²) in [4.78, 5) is 21.9. The average Bonchev–Trinajstić information content (AvgIpc) is 3.23. The molecule has 0 saturated carbocycles. The summed E-state index contributed by atoms with van der Waals surface area (Å²) in [5.41, 5.74) is 3.63. The minimum atomic E-state index is -0.406. The van der Waals surface area contributed by atoms with Gasteiger partial charge in [0.2, 0.25) is 0 Å². The third-order valence-electron chi connectivity index (χ3n) is 4.16. The van der Waals surface area contributed by atoms with Gasteiger partial charge in [0.25, 0.3) is 0 Å². The first kappa shape index (κ1) is 18.8. The first-order valence-corrected chi connectivity index (χ1v) is 10.7. The van der Waals surface area contributed by atoms with Gasteiger partial charge in [-0.2, -0.15) is 0 Å². The molecular weight excluding hydrogens is 431 g/mol. The molecule has 1 heterocycles. The number of nitro groups is 1. The topological polar surface area (TPSA) is 80.4 Å². The Bertz CT molecular complexity index is 1140. The van der Waals surface area contributed by atoms with E-state index in [4.69, 9.17) is 4.99 Å². The summed E-state index contributed by atoms with van der Waals surface area (Å²) in [5.74, 6) is 0.732. The van der Waals surface area contributed by atoms with Crippen LogP contribution in [0.5, 0.6) is 0 Å². The minimum absolute atomic E-state index is 0.0183. The zero-order valence-corrected chi connectivity index (χ0v) is 16.9. The van der Waals surface area contributed by atoms with E-state index in [1.807, 2.05) is 65.6 Å². The van der Waals surface area contributed by atoms with Gasteiger partial charge >= 0.3 is 173 Å². The fourth-order valence-electron chi connectivity index (χ4n) is 2.72. The summed E-state index contributed by atoms with van der Waals surface area (Å²) < 4.78 is 0.744. The number of hydrogen-bond acceptors (Lipinski definition) is 4. The molecule has 1 aromatic heterocycles. The summed E-state index contributed by atoms with van der Waals surface area (Å²) in [6, 6.07) is 26.2. The zero-order chi connectivity index (χ0) is 20.1. The molecule has 4 aromatic rings. The number of amidine groups is 1. The van der Waals surface area contributed by atoms with Gasteiger partial charge in [-0.05, 0) is 0 Å². The summed E-state index contributed by atoms with van der Waals surface area (Å²) >= 11 is -0.0183. The second-order valence-electron chi connectivity index (χ2n) is 6.14. The first-order chi connectivity index (χ1) is 14.2. The van der Waals surface area contributed by atoms with Crippen LogP contribution in [-0.4, -0.2) is 30.2 Å². The van der Waals surface area contributed by atoms with Crippen LogP contribution in [0.15, 0.2) is 94.9 Å². The number of aromatic nitrogens is 1. The molecule has 29 heavy (non-hydrogen) atoms. The number of para-hydroxylation sites is 1. The number of rotatable bonds is 5. The van der Waals surface area contributed by atoms with Gasteiger partial charge < -0.3 is 0 Å². The summed E-state index contributed by atoms with van der Waals surface area (Å²) in [7, 11) is 0. The average molecular weight is 447 g/mol. The SMILES string of the molecule is O=[N+]([O-])c1ccc(-c2c[se]c(/N=C(/Nc3ccccc3)c3ccccc3)n2)cc1. The fraction of sp³-hybridized carbons (Fsp3) is 0. The Labute approximate surface area is 173 Å². The molecule has 4 rings (SSSR count). The van der Waals surface area contributed by atoms with Crippen molar-refractivity contribution in [1.29, 1.82) is 0 Å². The summed E-state index contributed by atoms with van der Waals surface area (Å²) in [6.07, 6.45) is 0. The van der Waals surface area contributed by atoms with Gasteiger partial charge in [0, 0.05) is 0 Å². The van der Waals surface area contributed by atoms with Crippen LogP contribution in [0.3, 0.4) is 0 Å². The van der Waals surface area contributed by atoms with E-state index in [-0.39, 0.29) is 20.2 Å². The van der Waals surface area contributed by atoms with Crippen molar-refractivity contribution in [2.75, 3.05) is 5.32 Å². The van der Waals surface area contributed by atoms with Crippen LogP contribution < -0.4 is 5.32 Å². The molecule has 7 heteroatoms. The predicted octanol–water partition coefficient (Wildman–Crippen LogP) is 4.90. The number of hydrogen-bond donors (Lipinski definition) is 1. The Kier molecular flexibility index (Phi) is 5.61. The van der Waals surface area contributed by atoms with Gasteiger partial charge in [0.1, 0.15) is 0 Å². The maximum absolute atomic E-state index is 10.8. The molecule has 0 aliphatic heterocycles. The maximum atomic E-state index is 10.8. The van der Waals surface area contributed by atoms with E-state index in [1.54, 1.807) is 12.1 Å². The number of benzene rings is 3. The Morgan fingerprint density at radius 1 is 0.931 bits per heavy atom. The Morgan fingerprint density at radius 2 is 1.59 bits per heavy atom. The number of nitro benzene ring substituents is 1. The molecule has 0 radical (unpaired) electrons. The monoisotopic (exact) mass is 448 g/mol. The second-order valence-corrected chi connectivity index (χ2v) is 7.89. The van der Waals surface area contributed by atoms with Gasteiger partial charge in [-0.1, -0.05) is 0 Å². The van der Waals surface area contributed by atoms with Crippen LogP contribution in [0.4, 0.5) is 16.1 Å². The first-order valence-electron chi connectivity index (χ1n) is 8.85. The van der Waals surface area contributed by atoms with Crippen LogP contribution in [0, 0.1) is 10.1 Å². The second kappa shape index (κ2) is 8.65. The van der Waals surface area contributed by atoms with Gasteiger partial charge in [0.15, 0.2) is 0 Å². The summed E-state index contributed by atoms with van der Waals surface area (Å²) in [6.45, 7) is 0. The predicted molar refractivity (Wildman–Crippen MR) is 116 cm³/mol. The van der Waals surface area contributed by atoms with Crippen molar-refractivity contribution in [2.45, 2.75) is 0 Å². The van der Waals surface area contributed by atoms with Crippen molar-refractivity contribution >= 4 is 36.4 Å². The van der Waals surface area contributed by atoms with E-state index >= 15 is 0 Å². The van der Waals surface area contributed by atoms with E-state index in [2.05, 4.69) is 10.3 Å². The van der Waals surface area contributed by atoms with Crippen molar-refractivity contribution in [3.63, 3.8) is 0 Å². The van der Waals surface area contributed by atoms with Crippen molar-refractivity contribution in [3.05, 3.63) is 106 Å². The molecule has 1 N–H and O–H groups in total. The van der Waals surface area contributed by atoms with Crippen molar-refractivity contribution in [3.8, 4) is 11.3 Å². The van der Waals surface area contributed by atoms with E-state index in [0.717, 1.165) is 33.0 Å². The van der Waals surface area contributed by atoms with Crippen molar-refractivity contribution in [2.24, 2.45) is 4.99 Å². The molecule has 0 spiro atoms. The molecule has 0 amide bonds. The van der Waals surface area contributed by atoms with Gasteiger partial charge in [0.05, 0.1) is 0 Å². The number of nitrogens with zero attached hydrogens (tertiary/aromatic N) is 3. The Balaban J connectivity index is 1.65. The fourth-order valence-corrected chi connectivity index (χ4v) is 4.19. The zero-order valence-electron chi connectivity index (χ0n) is 15.2.